The predicted molar refractivity (Wildman–Crippen MR) is 93.3 cm³/mol. The fraction of sp³-hybridized carbons (Fsp3) is 0.375. The second-order valence-corrected chi connectivity index (χ2v) is 7.82. The molecule has 3 atom stereocenters. The number of nitrogens with zero attached hydrogens (tertiary/aromatic N) is 2. The number of rotatable bonds is 4. The van der Waals surface area contributed by atoms with Gasteiger partial charge in [0.15, 0.2) is 5.16 Å². The Morgan fingerprint density at radius 3 is 2.83 bits per heavy atom. The molecule has 0 aliphatic heterocycles. The molecule has 1 aromatic heterocycles. The third-order valence-corrected chi connectivity index (χ3v) is 6.36. The molecule has 0 spiro atoms. The van der Waals surface area contributed by atoms with E-state index in [2.05, 4.69) is 22.3 Å². The van der Waals surface area contributed by atoms with Gasteiger partial charge in [-0.25, -0.2) is 9.89 Å². The van der Waals surface area contributed by atoms with Crippen molar-refractivity contribution in [2.45, 2.75) is 29.8 Å². The Hall–Kier alpha value is -1.17. The molecule has 120 valence electrons. The Morgan fingerprint density at radius 2 is 2.13 bits per heavy atom. The zero-order valence-corrected chi connectivity index (χ0v) is 14.5. The molecule has 2 aliphatic rings. The van der Waals surface area contributed by atoms with Crippen molar-refractivity contribution in [1.29, 1.82) is 0 Å². The van der Waals surface area contributed by atoms with Crippen molar-refractivity contribution in [3.8, 4) is 0 Å². The largest absolute Gasteiger partial charge is 0.344 e. The van der Waals surface area contributed by atoms with Crippen LogP contribution in [0.3, 0.4) is 0 Å². The summed E-state index contributed by atoms with van der Waals surface area (Å²) in [5.74, 6) is 1.76. The first kappa shape index (κ1) is 15.4. The summed E-state index contributed by atoms with van der Waals surface area (Å²) >= 11 is 13.5. The second-order valence-electron chi connectivity index (χ2n) is 6.07. The molecule has 2 bridgehead atoms. The lowest BCUT2D eigenvalue weighted by Crippen LogP contribution is -2.25. The van der Waals surface area contributed by atoms with Crippen LogP contribution in [0.2, 0.25) is 10.0 Å². The van der Waals surface area contributed by atoms with Gasteiger partial charge in [0.2, 0.25) is 0 Å². The number of thioether (sulfide) groups is 1. The first-order valence-corrected chi connectivity index (χ1v) is 9.28. The van der Waals surface area contributed by atoms with E-state index in [1.807, 2.05) is 16.7 Å². The summed E-state index contributed by atoms with van der Waals surface area (Å²) in [5, 5.41) is 8.63. The summed E-state index contributed by atoms with van der Waals surface area (Å²) in [4.78, 5) is 12.2. The van der Waals surface area contributed by atoms with Gasteiger partial charge in [0.05, 0.1) is 10.0 Å². The zero-order valence-electron chi connectivity index (χ0n) is 12.2. The maximum Gasteiger partial charge on any atom is 0.344 e. The number of aromatic nitrogens is 3. The van der Waals surface area contributed by atoms with E-state index >= 15 is 0 Å². The Bertz CT molecular complexity index is 829. The fourth-order valence-corrected chi connectivity index (χ4v) is 4.77. The number of hydrogen-bond donors (Lipinski definition) is 1. The smallest absolute Gasteiger partial charge is 0.266 e. The van der Waals surface area contributed by atoms with Crippen molar-refractivity contribution >= 4 is 35.0 Å². The highest BCUT2D eigenvalue weighted by Crippen LogP contribution is 2.46. The van der Waals surface area contributed by atoms with E-state index in [4.69, 9.17) is 23.2 Å². The molecule has 0 radical (unpaired) electrons. The topological polar surface area (TPSA) is 50.7 Å². The number of halogens is 2. The first-order chi connectivity index (χ1) is 11.1. The van der Waals surface area contributed by atoms with Crippen molar-refractivity contribution < 1.29 is 0 Å². The highest BCUT2D eigenvalue weighted by molar-refractivity contribution is 7.98. The highest BCUT2D eigenvalue weighted by Gasteiger charge is 2.38. The van der Waals surface area contributed by atoms with Gasteiger partial charge in [-0.05, 0) is 42.4 Å². The molecule has 7 heteroatoms. The van der Waals surface area contributed by atoms with Crippen molar-refractivity contribution in [3.63, 3.8) is 0 Å². The molecule has 4 rings (SSSR count). The van der Waals surface area contributed by atoms with E-state index in [9.17, 15) is 4.79 Å². The van der Waals surface area contributed by atoms with Crippen LogP contribution in [0, 0.1) is 11.8 Å². The Morgan fingerprint density at radius 1 is 1.26 bits per heavy atom. The number of H-pyrrole nitrogens is 1. The zero-order chi connectivity index (χ0) is 16.0. The quantitative estimate of drug-likeness (QED) is 0.646. The van der Waals surface area contributed by atoms with E-state index in [0.29, 0.717) is 27.6 Å². The minimum Gasteiger partial charge on any atom is -0.266 e. The van der Waals surface area contributed by atoms with Gasteiger partial charge in [-0.1, -0.05) is 53.2 Å². The Balaban J connectivity index is 1.55. The van der Waals surface area contributed by atoms with Gasteiger partial charge in [0.25, 0.3) is 0 Å². The molecule has 23 heavy (non-hydrogen) atoms. The molecule has 2 aliphatic carbocycles. The van der Waals surface area contributed by atoms with Gasteiger partial charge in [-0.15, -0.1) is 5.10 Å². The predicted octanol–water partition coefficient (Wildman–Crippen LogP) is 4.31. The normalized spacial score (nSPS) is 25.4. The SMILES string of the molecule is O=c1[nH]nc(SCc2ccc(Cl)c(Cl)c2)n1C1CC2C=CC1C2. The molecule has 1 N–H and O–H groups in total. The van der Waals surface area contributed by atoms with Crippen LogP contribution in [0.25, 0.3) is 0 Å². The molecule has 1 saturated carbocycles. The van der Waals surface area contributed by atoms with Gasteiger partial charge in [-0.3, -0.25) is 4.57 Å². The minimum absolute atomic E-state index is 0.118. The van der Waals surface area contributed by atoms with Gasteiger partial charge in [0.1, 0.15) is 0 Å². The fourth-order valence-electron chi connectivity index (χ4n) is 3.51. The summed E-state index contributed by atoms with van der Waals surface area (Å²) in [5.41, 5.74) is 0.937. The second kappa shape index (κ2) is 6.04. The average molecular weight is 368 g/mol. The standard InChI is InChI=1S/C16H15Cl2N3OS/c17-12-4-2-10(6-13(12)18)8-23-16-20-19-15(22)21(16)14-7-9-1-3-11(14)5-9/h1-4,6,9,11,14H,5,7-8H2,(H,19,22). The van der Waals surface area contributed by atoms with E-state index in [1.54, 1.807) is 17.8 Å². The van der Waals surface area contributed by atoms with E-state index < -0.39 is 0 Å². The average Bonchev–Trinajstić information content (AvgIpc) is 3.23. The molecule has 2 aromatic rings. The first-order valence-electron chi connectivity index (χ1n) is 7.54. The van der Waals surface area contributed by atoms with E-state index in [-0.39, 0.29) is 11.7 Å². The molecule has 1 heterocycles. The molecule has 3 unspecified atom stereocenters. The van der Waals surface area contributed by atoms with Crippen LogP contribution in [0.5, 0.6) is 0 Å². The van der Waals surface area contributed by atoms with E-state index in [1.165, 1.54) is 0 Å². The number of hydrogen-bond acceptors (Lipinski definition) is 3. The monoisotopic (exact) mass is 367 g/mol. The number of nitrogens with one attached hydrogen (secondary N) is 1. The van der Waals surface area contributed by atoms with Crippen LogP contribution in [-0.2, 0) is 5.75 Å². The van der Waals surface area contributed by atoms with Crippen LogP contribution < -0.4 is 5.69 Å². The Labute approximate surface area is 147 Å². The summed E-state index contributed by atoms with van der Waals surface area (Å²) in [6.45, 7) is 0. The highest BCUT2D eigenvalue weighted by atomic mass is 35.5. The third kappa shape index (κ3) is 2.86. The van der Waals surface area contributed by atoms with Gasteiger partial charge in [-0.2, -0.15) is 0 Å². The third-order valence-electron chi connectivity index (χ3n) is 4.60. The van der Waals surface area contributed by atoms with Crippen LogP contribution in [0.15, 0.2) is 40.3 Å². The number of benzene rings is 1. The van der Waals surface area contributed by atoms with Crippen molar-refractivity contribution in [2.24, 2.45) is 11.8 Å². The molecular formula is C16H15Cl2N3OS. The summed E-state index contributed by atoms with van der Waals surface area (Å²) < 4.78 is 1.83. The van der Waals surface area contributed by atoms with Crippen molar-refractivity contribution in [1.82, 2.24) is 14.8 Å². The van der Waals surface area contributed by atoms with Gasteiger partial charge >= 0.3 is 5.69 Å². The summed E-state index contributed by atoms with van der Waals surface area (Å²) in [6, 6.07) is 5.81. The van der Waals surface area contributed by atoms with E-state index in [0.717, 1.165) is 23.6 Å². The van der Waals surface area contributed by atoms with Crippen LogP contribution in [0.4, 0.5) is 0 Å². The molecular weight excluding hydrogens is 353 g/mol. The number of fused-ring (bicyclic) bond motifs is 2. The lowest BCUT2D eigenvalue weighted by molar-refractivity contribution is 0.396. The summed E-state index contributed by atoms with van der Waals surface area (Å²) in [6.07, 6.45) is 6.70. The van der Waals surface area contributed by atoms with Crippen LogP contribution in [-0.4, -0.2) is 14.8 Å². The number of allylic oxidation sites excluding steroid dienone is 2. The minimum atomic E-state index is -0.118. The van der Waals surface area contributed by atoms with Crippen LogP contribution >= 0.6 is 35.0 Å². The maximum atomic E-state index is 12.2. The van der Waals surface area contributed by atoms with Crippen molar-refractivity contribution in [2.75, 3.05) is 0 Å². The molecule has 0 amide bonds. The van der Waals surface area contributed by atoms with Crippen molar-refractivity contribution in [3.05, 3.63) is 56.4 Å². The molecule has 0 saturated heterocycles. The maximum absolute atomic E-state index is 12.2. The lowest BCUT2D eigenvalue weighted by Gasteiger charge is -2.20. The Kier molecular flexibility index (Phi) is 4.03. The van der Waals surface area contributed by atoms with Gasteiger partial charge in [0, 0.05) is 11.8 Å². The summed E-state index contributed by atoms with van der Waals surface area (Å²) in [7, 11) is 0. The number of aromatic amines is 1. The molecule has 1 aromatic carbocycles. The lowest BCUT2D eigenvalue weighted by atomic mass is 10.0. The molecule has 4 nitrogen and oxygen atoms in total. The molecule has 1 fully saturated rings. The van der Waals surface area contributed by atoms with Crippen LogP contribution in [0.1, 0.15) is 24.4 Å². The van der Waals surface area contributed by atoms with Gasteiger partial charge < -0.3 is 0 Å².